The minimum absolute atomic E-state index is 0.682. The molecule has 0 fully saturated rings. The van der Waals surface area contributed by atoms with Crippen molar-refractivity contribution in [3.8, 4) is 33.9 Å². The Balaban J connectivity index is 1.79. The van der Waals surface area contributed by atoms with Crippen molar-refractivity contribution in [1.82, 2.24) is 15.0 Å². The second kappa shape index (κ2) is 6.71. The predicted octanol–water partition coefficient (Wildman–Crippen LogP) is 6.11. The van der Waals surface area contributed by atoms with Gasteiger partial charge in [0.05, 0.1) is 17.6 Å². The van der Waals surface area contributed by atoms with Gasteiger partial charge in [0.2, 0.25) is 0 Å². The van der Waals surface area contributed by atoms with Gasteiger partial charge in [-0.1, -0.05) is 53.5 Å². The zero-order chi connectivity index (χ0) is 17.2. The van der Waals surface area contributed by atoms with E-state index in [4.69, 9.17) is 23.2 Å². The molecule has 0 aliphatic carbocycles. The van der Waals surface area contributed by atoms with E-state index in [1.54, 1.807) is 12.4 Å². The normalized spacial score (nSPS) is 10.8. The Bertz CT molecular complexity index is 1020. The molecule has 0 atom stereocenters. The van der Waals surface area contributed by atoms with Crippen LogP contribution in [0.1, 0.15) is 0 Å². The Morgan fingerprint density at radius 1 is 0.760 bits per heavy atom. The van der Waals surface area contributed by atoms with Crippen LogP contribution >= 0.6 is 23.2 Å². The Labute approximate surface area is 155 Å². The lowest BCUT2D eigenvalue weighted by Crippen LogP contribution is -1.90. The number of nitrogens with zero attached hydrogens (tertiary/aromatic N) is 2. The molecule has 122 valence electrons. The molecule has 2 aromatic carbocycles. The number of nitrogens with one attached hydrogen (secondary N) is 1. The van der Waals surface area contributed by atoms with E-state index < -0.39 is 0 Å². The topological polar surface area (TPSA) is 41.6 Å². The number of benzene rings is 2. The zero-order valence-corrected chi connectivity index (χ0v) is 14.6. The van der Waals surface area contributed by atoms with Crippen LogP contribution in [0.5, 0.6) is 0 Å². The van der Waals surface area contributed by atoms with Gasteiger partial charge in [-0.05, 0) is 30.3 Å². The van der Waals surface area contributed by atoms with Crippen LogP contribution in [-0.4, -0.2) is 15.0 Å². The van der Waals surface area contributed by atoms with Crippen molar-refractivity contribution in [3.05, 3.63) is 83.1 Å². The van der Waals surface area contributed by atoms with Crippen LogP contribution in [-0.2, 0) is 0 Å². The van der Waals surface area contributed by atoms with E-state index in [1.807, 2.05) is 60.7 Å². The molecule has 2 heterocycles. The van der Waals surface area contributed by atoms with Gasteiger partial charge in [-0.25, -0.2) is 4.98 Å². The molecule has 4 rings (SSSR count). The van der Waals surface area contributed by atoms with Crippen LogP contribution in [0.15, 0.2) is 73.1 Å². The zero-order valence-electron chi connectivity index (χ0n) is 13.1. The van der Waals surface area contributed by atoms with Crippen molar-refractivity contribution in [2.75, 3.05) is 0 Å². The Morgan fingerprint density at radius 2 is 1.52 bits per heavy atom. The second-order valence-electron chi connectivity index (χ2n) is 5.53. The van der Waals surface area contributed by atoms with Crippen LogP contribution in [0.3, 0.4) is 0 Å². The molecule has 0 amide bonds. The number of aromatic amines is 1. The Kier molecular flexibility index (Phi) is 4.26. The fourth-order valence-electron chi connectivity index (χ4n) is 2.71. The van der Waals surface area contributed by atoms with E-state index in [0.29, 0.717) is 10.0 Å². The molecule has 0 radical (unpaired) electrons. The van der Waals surface area contributed by atoms with Gasteiger partial charge in [0, 0.05) is 32.9 Å². The maximum atomic E-state index is 6.28. The third-order valence-electron chi connectivity index (χ3n) is 3.92. The Morgan fingerprint density at radius 3 is 2.32 bits per heavy atom. The first-order chi connectivity index (χ1) is 12.2. The largest absolute Gasteiger partial charge is 0.338 e. The molecule has 1 N–H and O–H groups in total. The van der Waals surface area contributed by atoms with Crippen molar-refractivity contribution >= 4 is 23.2 Å². The Hall–Kier alpha value is -2.62. The summed E-state index contributed by atoms with van der Waals surface area (Å²) in [7, 11) is 0. The van der Waals surface area contributed by atoms with Gasteiger partial charge >= 0.3 is 0 Å². The fraction of sp³-hybridized carbons (Fsp3) is 0. The number of halogens is 2. The molecular formula is C20H13Cl2N3. The summed E-state index contributed by atoms with van der Waals surface area (Å²) in [6.07, 6.45) is 3.56. The van der Waals surface area contributed by atoms with Crippen molar-refractivity contribution in [1.29, 1.82) is 0 Å². The lowest BCUT2D eigenvalue weighted by atomic mass is 10.1. The maximum absolute atomic E-state index is 6.28. The first kappa shape index (κ1) is 15.9. The molecule has 5 heteroatoms. The molecule has 0 spiro atoms. The van der Waals surface area contributed by atoms with E-state index in [1.165, 1.54) is 0 Å². The molecule has 4 aromatic rings. The molecule has 0 aliphatic rings. The second-order valence-corrected chi connectivity index (χ2v) is 6.38. The highest BCUT2D eigenvalue weighted by atomic mass is 35.5. The molecule has 25 heavy (non-hydrogen) atoms. The number of pyridine rings is 1. The summed E-state index contributed by atoms with van der Waals surface area (Å²) in [6.45, 7) is 0. The summed E-state index contributed by atoms with van der Waals surface area (Å²) in [5, 5.41) is 1.38. The van der Waals surface area contributed by atoms with Crippen LogP contribution in [0.2, 0.25) is 10.0 Å². The average molecular weight is 366 g/mol. The molecule has 0 saturated carbocycles. The third-order valence-corrected chi connectivity index (χ3v) is 4.50. The van der Waals surface area contributed by atoms with Gasteiger partial charge in [0.15, 0.2) is 0 Å². The highest BCUT2D eigenvalue weighted by Crippen LogP contribution is 2.32. The number of aromatic nitrogens is 3. The predicted molar refractivity (Wildman–Crippen MR) is 103 cm³/mol. The van der Waals surface area contributed by atoms with Gasteiger partial charge in [-0.2, -0.15) is 0 Å². The van der Waals surface area contributed by atoms with Gasteiger partial charge in [0.25, 0.3) is 0 Å². The molecule has 3 nitrogen and oxygen atoms in total. The van der Waals surface area contributed by atoms with E-state index >= 15 is 0 Å². The fourth-order valence-corrected chi connectivity index (χ4v) is 3.07. The molecular weight excluding hydrogens is 353 g/mol. The molecule has 0 saturated heterocycles. The minimum Gasteiger partial charge on any atom is -0.338 e. The molecule has 2 aromatic heterocycles. The van der Waals surface area contributed by atoms with Gasteiger partial charge in [-0.15, -0.1) is 0 Å². The number of hydrogen-bond donors (Lipinski definition) is 1. The monoisotopic (exact) mass is 365 g/mol. The van der Waals surface area contributed by atoms with Crippen LogP contribution in [0, 0.1) is 0 Å². The van der Waals surface area contributed by atoms with Crippen LogP contribution in [0.25, 0.3) is 33.9 Å². The summed E-state index contributed by atoms with van der Waals surface area (Å²) in [5.41, 5.74) is 4.53. The SMILES string of the molecule is Clc1ccc(-c2ncccc2-c2ncc(-c3ccccc3Cl)[nH]2)cc1. The first-order valence-corrected chi connectivity index (χ1v) is 8.49. The third kappa shape index (κ3) is 3.16. The van der Waals surface area contributed by atoms with Crippen molar-refractivity contribution in [2.45, 2.75) is 0 Å². The van der Waals surface area contributed by atoms with Crippen LogP contribution in [0.4, 0.5) is 0 Å². The lowest BCUT2D eigenvalue weighted by Gasteiger charge is -2.07. The average Bonchev–Trinajstić information content (AvgIpc) is 3.12. The van der Waals surface area contributed by atoms with Crippen molar-refractivity contribution in [2.24, 2.45) is 0 Å². The summed E-state index contributed by atoms with van der Waals surface area (Å²) in [6, 6.07) is 19.2. The highest BCUT2D eigenvalue weighted by molar-refractivity contribution is 6.33. The molecule has 0 bridgehead atoms. The van der Waals surface area contributed by atoms with Gasteiger partial charge < -0.3 is 4.98 Å². The van der Waals surface area contributed by atoms with E-state index in [2.05, 4.69) is 15.0 Å². The van der Waals surface area contributed by atoms with Gasteiger partial charge in [-0.3, -0.25) is 4.98 Å². The quantitative estimate of drug-likeness (QED) is 0.475. The molecule has 0 aliphatic heterocycles. The first-order valence-electron chi connectivity index (χ1n) is 7.73. The molecule has 0 unspecified atom stereocenters. The summed E-state index contributed by atoms with van der Waals surface area (Å²) in [4.78, 5) is 12.4. The van der Waals surface area contributed by atoms with Gasteiger partial charge in [0.1, 0.15) is 5.82 Å². The smallest absolute Gasteiger partial charge is 0.139 e. The minimum atomic E-state index is 0.682. The number of H-pyrrole nitrogens is 1. The lowest BCUT2D eigenvalue weighted by molar-refractivity contribution is 1.26. The van der Waals surface area contributed by atoms with E-state index in [0.717, 1.165) is 33.9 Å². The number of hydrogen-bond acceptors (Lipinski definition) is 2. The van der Waals surface area contributed by atoms with E-state index in [9.17, 15) is 0 Å². The summed E-state index contributed by atoms with van der Waals surface area (Å²) < 4.78 is 0. The van der Waals surface area contributed by atoms with Crippen molar-refractivity contribution in [3.63, 3.8) is 0 Å². The number of rotatable bonds is 3. The summed E-state index contributed by atoms with van der Waals surface area (Å²) >= 11 is 12.3. The van der Waals surface area contributed by atoms with Crippen LogP contribution < -0.4 is 0 Å². The highest BCUT2D eigenvalue weighted by Gasteiger charge is 2.13. The standard InChI is InChI=1S/C20H13Cl2N3/c21-14-9-7-13(8-10-14)19-16(5-3-11-23-19)20-24-12-18(25-20)15-4-1-2-6-17(15)22/h1-12H,(H,24,25). The number of imidazole rings is 1. The van der Waals surface area contributed by atoms with E-state index in [-0.39, 0.29) is 0 Å². The summed E-state index contributed by atoms with van der Waals surface area (Å²) in [5.74, 6) is 0.743. The maximum Gasteiger partial charge on any atom is 0.139 e. The van der Waals surface area contributed by atoms with Crippen molar-refractivity contribution < 1.29 is 0 Å².